The lowest BCUT2D eigenvalue weighted by Crippen LogP contribution is -2.46. The second kappa shape index (κ2) is 9.89. The molecule has 0 fully saturated rings. The van der Waals surface area contributed by atoms with Crippen LogP contribution < -0.4 is 19.2 Å². The van der Waals surface area contributed by atoms with Crippen LogP contribution >= 0.6 is 0 Å². The van der Waals surface area contributed by atoms with Gasteiger partial charge in [-0.05, 0) is 43.3 Å². The molecule has 0 saturated heterocycles. The van der Waals surface area contributed by atoms with Crippen molar-refractivity contribution in [1.82, 2.24) is 5.43 Å². The van der Waals surface area contributed by atoms with E-state index in [9.17, 15) is 23.3 Å². The average Bonchev–Trinajstić information content (AvgIpc) is 2.73. The first-order valence-electron chi connectivity index (χ1n) is 8.87. The van der Waals surface area contributed by atoms with Crippen LogP contribution in [0.5, 0.6) is 11.5 Å². The van der Waals surface area contributed by atoms with Gasteiger partial charge in [0, 0.05) is 11.6 Å². The molecule has 1 N–H and O–H groups in total. The third-order valence-electron chi connectivity index (χ3n) is 4.20. The first-order valence-corrected chi connectivity index (χ1v) is 10.7. The lowest BCUT2D eigenvalue weighted by Gasteiger charge is -2.27. The molecule has 11 nitrogen and oxygen atoms in total. The van der Waals surface area contributed by atoms with Crippen LogP contribution in [0.3, 0.4) is 0 Å². The Bertz CT molecular complexity index is 1080. The van der Waals surface area contributed by atoms with Crippen molar-refractivity contribution in [2.24, 2.45) is 5.10 Å². The van der Waals surface area contributed by atoms with Gasteiger partial charge in [0.2, 0.25) is 10.0 Å². The van der Waals surface area contributed by atoms with Gasteiger partial charge in [0.25, 0.3) is 5.91 Å². The van der Waals surface area contributed by atoms with Crippen LogP contribution in [0.2, 0.25) is 0 Å². The van der Waals surface area contributed by atoms with Gasteiger partial charge in [0.1, 0.15) is 11.8 Å². The van der Waals surface area contributed by atoms with Gasteiger partial charge in [-0.1, -0.05) is 0 Å². The highest BCUT2D eigenvalue weighted by molar-refractivity contribution is 7.92. The number of sulfonamides is 1. The van der Waals surface area contributed by atoms with Crippen molar-refractivity contribution >= 4 is 33.5 Å². The molecule has 0 spiro atoms. The molecular weight excluding hydrogens is 428 g/mol. The molecule has 0 saturated carbocycles. The number of rotatable bonds is 9. The van der Waals surface area contributed by atoms with E-state index in [1.165, 1.54) is 57.7 Å². The summed E-state index contributed by atoms with van der Waals surface area (Å²) >= 11 is 0. The van der Waals surface area contributed by atoms with E-state index in [1.54, 1.807) is 12.1 Å². The van der Waals surface area contributed by atoms with Crippen LogP contribution in [0.15, 0.2) is 47.6 Å². The molecule has 2 rings (SSSR count). The van der Waals surface area contributed by atoms with E-state index in [2.05, 4.69) is 10.5 Å². The quantitative estimate of drug-likeness (QED) is 0.349. The van der Waals surface area contributed by atoms with E-state index >= 15 is 0 Å². The number of nitrogens with one attached hydrogen (secondary N) is 1. The number of amides is 1. The number of methoxy groups -OCH3 is 2. The van der Waals surface area contributed by atoms with E-state index in [0.717, 1.165) is 10.6 Å². The minimum absolute atomic E-state index is 0.0862. The van der Waals surface area contributed by atoms with Crippen LogP contribution in [0.1, 0.15) is 12.5 Å². The molecule has 12 heteroatoms. The molecule has 0 bridgehead atoms. The molecule has 0 heterocycles. The maximum Gasteiger partial charge on any atom is 0.311 e. The molecular formula is C19H22N4O7S. The lowest BCUT2D eigenvalue weighted by molar-refractivity contribution is -0.385. The predicted molar refractivity (Wildman–Crippen MR) is 115 cm³/mol. The summed E-state index contributed by atoms with van der Waals surface area (Å²) in [5.74, 6) is -0.0731. The van der Waals surface area contributed by atoms with Crippen molar-refractivity contribution in [3.8, 4) is 11.5 Å². The molecule has 0 aliphatic heterocycles. The molecule has 0 aliphatic carbocycles. The fraction of sp³-hybridized carbons (Fsp3) is 0.263. The summed E-state index contributed by atoms with van der Waals surface area (Å²) in [5, 5.41) is 14.9. The Morgan fingerprint density at radius 2 is 1.84 bits per heavy atom. The third kappa shape index (κ3) is 5.92. The number of carbonyl (C=O) groups is 1. The first-order chi connectivity index (χ1) is 14.6. The fourth-order valence-corrected chi connectivity index (χ4v) is 3.91. The Morgan fingerprint density at radius 3 is 2.35 bits per heavy atom. The van der Waals surface area contributed by atoms with Gasteiger partial charge < -0.3 is 9.47 Å². The minimum Gasteiger partial charge on any atom is -0.497 e. The number of nitro groups is 1. The van der Waals surface area contributed by atoms with Crippen LogP contribution in [0, 0.1) is 10.1 Å². The zero-order valence-corrected chi connectivity index (χ0v) is 18.1. The predicted octanol–water partition coefficient (Wildman–Crippen LogP) is 1.92. The highest BCUT2D eigenvalue weighted by Crippen LogP contribution is 2.27. The molecule has 1 amide bonds. The summed E-state index contributed by atoms with van der Waals surface area (Å²) in [4.78, 5) is 23.0. The normalized spacial score (nSPS) is 12.3. The van der Waals surface area contributed by atoms with Gasteiger partial charge in [-0.2, -0.15) is 5.10 Å². The number of hydrazone groups is 1. The number of nitro benzene ring substituents is 1. The first kappa shape index (κ1) is 23.6. The van der Waals surface area contributed by atoms with E-state index in [0.29, 0.717) is 11.3 Å². The molecule has 2 aromatic carbocycles. The third-order valence-corrected chi connectivity index (χ3v) is 5.45. The van der Waals surface area contributed by atoms with Crippen molar-refractivity contribution in [2.75, 3.05) is 24.8 Å². The highest BCUT2D eigenvalue weighted by atomic mass is 32.2. The van der Waals surface area contributed by atoms with E-state index in [1.807, 2.05) is 0 Å². The molecule has 0 radical (unpaired) electrons. The van der Waals surface area contributed by atoms with Crippen molar-refractivity contribution in [1.29, 1.82) is 0 Å². The topological polar surface area (TPSA) is 140 Å². The fourth-order valence-electron chi connectivity index (χ4n) is 2.73. The second-order valence-electron chi connectivity index (χ2n) is 6.36. The smallest absolute Gasteiger partial charge is 0.311 e. The van der Waals surface area contributed by atoms with Crippen molar-refractivity contribution in [3.05, 3.63) is 58.1 Å². The summed E-state index contributed by atoms with van der Waals surface area (Å²) in [5.41, 5.74) is 2.62. The number of carbonyl (C=O) groups excluding carboxylic acids is 1. The molecule has 31 heavy (non-hydrogen) atoms. The van der Waals surface area contributed by atoms with Gasteiger partial charge in [-0.25, -0.2) is 13.8 Å². The Morgan fingerprint density at radius 1 is 1.19 bits per heavy atom. The van der Waals surface area contributed by atoms with Crippen LogP contribution in [0.4, 0.5) is 11.4 Å². The van der Waals surface area contributed by atoms with Gasteiger partial charge in [0.05, 0.1) is 37.3 Å². The van der Waals surface area contributed by atoms with Gasteiger partial charge in [-0.15, -0.1) is 0 Å². The standard InChI is InChI=1S/C19H22N4O7S/c1-13(22(31(4,27)28)15-6-8-16(29-2)9-7-15)19(24)21-20-12-14-5-10-18(30-3)17(11-14)23(25)26/h5-13H,1-4H3,(H,21,24). The minimum atomic E-state index is -3.79. The summed E-state index contributed by atoms with van der Waals surface area (Å²) in [6, 6.07) is 9.22. The number of nitrogens with zero attached hydrogens (tertiary/aromatic N) is 3. The summed E-state index contributed by atoms with van der Waals surface area (Å²) in [7, 11) is -0.996. The number of hydrogen-bond acceptors (Lipinski definition) is 8. The monoisotopic (exact) mass is 450 g/mol. The summed E-state index contributed by atoms with van der Waals surface area (Å²) in [6.07, 6.45) is 2.19. The van der Waals surface area contributed by atoms with Crippen LogP contribution in [-0.4, -0.2) is 52.0 Å². The van der Waals surface area contributed by atoms with Gasteiger partial charge in [0.15, 0.2) is 5.75 Å². The van der Waals surface area contributed by atoms with Gasteiger partial charge in [-0.3, -0.25) is 19.2 Å². The molecule has 166 valence electrons. The Kier molecular flexibility index (Phi) is 7.53. The average molecular weight is 450 g/mol. The Labute approximate surface area is 179 Å². The zero-order valence-electron chi connectivity index (χ0n) is 17.3. The number of ether oxygens (including phenoxy) is 2. The Hall–Kier alpha value is -3.67. The van der Waals surface area contributed by atoms with Crippen LogP contribution in [-0.2, 0) is 14.8 Å². The Balaban J connectivity index is 2.19. The number of benzene rings is 2. The SMILES string of the molecule is COc1ccc(N(C(C)C(=O)NN=Cc2ccc(OC)c([N+](=O)[O-])c2)S(C)(=O)=O)cc1. The highest BCUT2D eigenvalue weighted by Gasteiger charge is 2.29. The molecule has 1 atom stereocenters. The van der Waals surface area contributed by atoms with Crippen molar-refractivity contribution in [2.45, 2.75) is 13.0 Å². The van der Waals surface area contributed by atoms with Crippen molar-refractivity contribution in [3.63, 3.8) is 0 Å². The van der Waals surface area contributed by atoms with E-state index in [-0.39, 0.29) is 17.1 Å². The number of anilines is 1. The summed E-state index contributed by atoms with van der Waals surface area (Å²) in [6.45, 7) is 1.41. The largest absolute Gasteiger partial charge is 0.497 e. The number of hydrogen-bond donors (Lipinski definition) is 1. The zero-order chi connectivity index (χ0) is 23.2. The van der Waals surface area contributed by atoms with E-state index in [4.69, 9.17) is 9.47 Å². The lowest BCUT2D eigenvalue weighted by atomic mass is 10.2. The van der Waals surface area contributed by atoms with Gasteiger partial charge >= 0.3 is 5.69 Å². The molecule has 0 aromatic heterocycles. The van der Waals surface area contributed by atoms with E-state index < -0.39 is 26.9 Å². The van der Waals surface area contributed by atoms with Crippen LogP contribution in [0.25, 0.3) is 0 Å². The summed E-state index contributed by atoms with van der Waals surface area (Å²) < 4.78 is 35.5. The second-order valence-corrected chi connectivity index (χ2v) is 8.21. The maximum atomic E-state index is 12.5. The molecule has 2 aromatic rings. The van der Waals surface area contributed by atoms with Crippen molar-refractivity contribution < 1.29 is 27.6 Å². The molecule has 0 aliphatic rings. The maximum absolute atomic E-state index is 12.5. The molecule has 1 unspecified atom stereocenters.